The third-order valence-electron chi connectivity index (χ3n) is 11.3. The molecule has 1 aliphatic heterocycles. The normalized spacial score (nSPS) is 25.1. The number of rotatable bonds is 3. The average molecular weight is 587 g/mol. The highest BCUT2D eigenvalue weighted by atomic mass is 16.3. The van der Waals surface area contributed by atoms with E-state index in [0.29, 0.717) is 18.2 Å². The van der Waals surface area contributed by atoms with Gasteiger partial charge in [-0.15, -0.1) is 0 Å². The number of nitrogens with one attached hydrogen (secondary N) is 1. The maximum absolute atomic E-state index is 6.40. The molecule has 45 heavy (non-hydrogen) atoms. The van der Waals surface area contributed by atoms with Crippen LogP contribution in [0.5, 0.6) is 0 Å². The van der Waals surface area contributed by atoms with Gasteiger partial charge in [0, 0.05) is 33.4 Å². The summed E-state index contributed by atoms with van der Waals surface area (Å²) in [4.78, 5) is 1.57. The third kappa shape index (κ3) is 3.97. The van der Waals surface area contributed by atoms with E-state index < -0.39 is 0 Å². The number of furan rings is 1. The molecule has 3 N–H and O–H groups in total. The zero-order valence-electron chi connectivity index (χ0n) is 25.6. The van der Waals surface area contributed by atoms with Crippen molar-refractivity contribution in [2.24, 2.45) is 5.92 Å². The second kappa shape index (κ2) is 10.0. The SMILES string of the molecule is C1=Cc2cc(C3[NH2+]C(C4=CC=C5C=CCCC5C4)[NH+]3c3cccc4c3ccc3ccc5oc6c(c5c34)CCC=C6)ccc2CC1. The van der Waals surface area contributed by atoms with Gasteiger partial charge in [-0.1, -0.05) is 72.9 Å². The number of hydrogen-bond donors (Lipinski definition) is 2. The van der Waals surface area contributed by atoms with E-state index in [0.717, 1.165) is 37.0 Å². The lowest BCUT2D eigenvalue weighted by Gasteiger charge is -2.43. The lowest BCUT2D eigenvalue weighted by Crippen LogP contribution is -3.42. The Labute approximate surface area is 263 Å². The molecule has 4 unspecified atom stereocenters. The third-order valence-corrected chi connectivity index (χ3v) is 11.3. The van der Waals surface area contributed by atoms with Gasteiger partial charge >= 0.3 is 0 Å². The van der Waals surface area contributed by atoms with Gasteiger partial charge in [0.1, 0.15) is 17.0 Å². The van der Waals surface area contributed by atoms with Crippen LogP contribution in [0.15, 0.2) is 113 Å². The number of allylic oxidation sites excluding steroid dienone is 7. The number of fused-ring (bicyclic) bond motifs is 9. The Balaban J connectivity index is 1.16. The first-order valence-corrected chi connectivity index (χ1v) is 17.0. The fourth-order valence-corrected chi connectivity index (χ4v) is 8.99. The predicted octanol–water partition coefficient (Wildman–Crippen LogP) is 8.00. The van der Waals surface area contributed by atoms with Crippen LogP contribution >= 0.6 is 0 Å². The largest absolute Gasteiger partial charge is 0.456 e. The van der Waals surface area contributed by atoms with Crippen molar-refractivity contribution in [3.05, 3.63) is 136 Å². The molecule has 0 spiro atoms. The van der Waals surface area contributed by atoms with E-state index in [1.807, 2.05) is 0 Å². The van der Waals surface area contributed by atoms with Crippen molar-refractivity contribution < 1.29 is 14.6 Å². The first kappa shape index (κ1) is 25.8. The quantitative estimate of drug-likeness (QED) is 0.207. The predicted molar refractivity (Wildman–Crippen MR) is 184 cm³/mol. The van der Waals surface area contributed by atoms with Crippen molar-refractivity contribution in [2.45, 2.75) is 57.3 Å². The minimum absolute atomic E-state index is 0.317. The number of hydrogen-bond acceptors (Lipinski definition) is 1. The average Bonchev–Trinajstić information content (AvgIpc) is 3.47. The molecule has 1 fully saturated rings. The van der Waals surface area contributed by atoms with Crippen molar-refractivity contribution in [1.82, 2.24) is 0 Å². The molecule has 5 aromatic rings. The Bertz CT molecular complexity index is 2210. The van der Waals surface area contributed by atoms with Crippen molar-refractivity contribution in [3.8, 4) is 0 Å². The summed E-state index contributed by atoms with van der Waals surface area (Å²) in [6.45, 7) is 0. The summed E-state index contributed by atoms with van der Waals surface area (Å²) >= 11 is 0. The molecule has 0 radical (unpaired) electrons. The molecule has 0 amide bonds. The maximum Gasteiger partial charge on any atom is 0.253 e. The highest BCUT2D eigenvalue weighted by Crippen LogP contribution is 2.41. The van der Waals surface area contributed by atoms with E-state index >= 15 is 0 Å². The zero-order chi connectivity index (χ0) is 29.5. The van der Waals surface area contributed by atoms with Gasteiger partial charge in [0.15, 0.2) is 0 Å². The highest BCUT2D eigenvalue weighted by molar-refractivity contribution is 6.22. The molecule has 3 nitrogen and oxygen atoms in total. The van der Waals surface area contributed by atoms with Crippen LogP contribution < -0.4 is 10.2 Å². The molecule has 1 aromatic heterocycles. The van der Waals surface area contributed by atoms with Gasteiger partial charge in [-0.25, -0.2) is 5.32 Å². The molecule has 2 heterocycles. The highest BCUT2D eigenvalue weighted by Gasteiger charge is 2.52. The summed E-state index contributed by atoms with van der Waals surface area (Å²) < 4.78 is 6.40. The number of benzene rings is 4. The summed E-state index contributed by atoms with van der Waals surface area (Å²) in [7, 11) is 0. The summed E-state index contributed by atoms with van der Waals surface area (Å²) in [6.07, 6.45) is 27.4. The van der Waals surface area contributed by atoms with E-state index in [1.54, 1.807) is 10.5 Å². The van der Waals surface area contributed by atoms with Crippen LogP contribution in [-0.2, 0) is 12.8 Å². The van der Waals surface area contributed by atoms with Crippen LogP contribution in [0.25, 0.3) is 44.7 Å². The number of quaternary nitrogens is 2. The lowest BCUT2D eigenvalue weighted by molar-refractivity contribution is -1.21. The van der Waals surface area contributed by atoms with Gasteiger partial charge in [-0.2, -0.15) is 4.90 Å². The minimum Gasteiger partial charge on any atom is -0.456 e. The van der Waals surface area contributed by atoms with Gasteiger partial charge in [0.2, 0.25) is 6.17 Å². The summed E-state index contributed by atoms with van der Waals surface area (Å²) in [5, 5.41) is 9.31. The fourth-order valence-electron chi connectivity index (χ4n) is 8.99. The zero-order valence-corrected chi connectivity index (χ0v) is 25.6. The topological polar surface area (TPSA) is 34.2 Å². The van der Waals surface area contributed by atoms with E-state index in [-0.39, 0.29) is 0 Å². The molecule has 3 heteroatoms. The standard InChI is InChI=1S/C42H36N2O/c1-3-10-29-24-31(18-16-26(29)8-1)41-43-42(32-19-17-27-9-2-4-11-30(27)25-32)44(41)36-14-7-13-34-33(36)22-20-28-21-23-38-40(39(28)34)35-12-5-6-15-37(35)45-38/h1,4,6-8,11,13-23,25,29,41-43H,2-3,5,9-10,12,24H2/p+2. The first-order chi connectivity index (χ1) is 22.3. The minimum atomic E-state index is 0.317. The van der Waals surface area contributed by atoms with E-state index in [4.69, 9.17) is 4.42 Å². The second-order valence-electron chi connectivity index (χ2n) is 13.7. The fraction of sp³-hybridized carbons (Fsp3) is 0.238. The van der Waals surface area contributed by atoms with Crippen molar-refractivity contribution in [3.63, 3.8) is 0 Å². The van der Waals surface area contributed by atoms with Crippen molar-refractivity contribution in [1.29, 1.82) is 0 Å². The Morgan fingerprint density at radius 1 is 0.756 bits per heavy atom. The second-order valence-corrected chi connectivity index (χ2v) is 13.7. The van der Waals surface area contributed by atoms with Gasteiger partial charge in [0.05, 0.1) is 5.56 Å². The van der Waals surface area contributed by atoms with Gasteiger partial charge < -0.3 is 4.42 Å². The van der Waals surface area contributed by atoms with Gasteiger partial charge in [0.25, 0.3) is 6.17 Å². The molecule has 0 saturated carbocycles. The molecule has 4 aromatic carbocycles. The van der Waals surface area contributed by atoms with Crippen LogP contribution in [-0.4, -0.2) is 6.17 Å². The van der Waals surface area contributed by atoms with Crippen LogP contribution in [0.2, 0.25) is 0 Å². The monoisotopic (exact) mass is 586 g/mol. The Hall–Kier alpha value is -4.44. The van der Waals surface area contributed by atoms with E-state index in [1.165, 1.54) is 79.7 Å². The summed E-state index contributed by atoms with van der Waals surface area (Å²) in [5.41, 5.74) is 11.2. The van der Waals surface area contributed by atoms with E-state index in [9.17, 15) is 0 Å². The van der Waals surface area contributed by atoms with Gasteiger partial charge in [-0.3, -0.25) is 0 Å². The molecule has 1 saturated heterocycles. The summed E-state index contributed by atoms with van der Waals surface area (Å²) in [6, 6.07) is 23.5. The van der Waals surface area contributed by atoms with Crippen LogP contribution in [0.1, 0.15) is 66.3 Å². The number of aryl methyl sites for hydroxylation is 2. The lowest BCUT2D eigenvalue weighted by atomic mass is 9.79. The molecule has 4 atom stereocenters. The van der Waals surface area contributed by atoms with E-state index in [2.05, 4.69) is 115 Å². The molecular weight excluding hydrogens is 548 g/mol. The Morgan fingerprint density at radius 2 is 1.67 bits per heavy atom. The van der Waals surface area contributed by atoms with Crippen LogP contribution in [0.4, 0.5) is 5.69 Å². The molecule has 4 aliphatic carbocycles. The van der Waals surface area contributed by atoms with Crippen LogP contribution in [0.3, 0.4) is 0 Å². The smallest absolute Gasteiger partial charge is 0.253 e. The summed E-state index contributed by atoms with van der Waals surface area (Å²) in [5.74, 6) is 1.69. The first-order valence-electron chi connectivity index (χ1n) is 17.0. The molecule has 0 bridgehead atoms. The number of nitrogens with two attached hydrogens (primary N) is 1. The maximum atomic E-state index is 6.40. The van der Waals surface area contributed by atoms with Crippen molar-refractivity contribution in [2.75, 3.05) is 0 Å². The molecule has 220 valence electrons. The molecule has 10 rings (SSSR count). The Morgan fingerprint density at radius 3 is 2.67 bits per heavy atom. The van der Waals surface area contributed by atoms with Crippen LogP contribution in [0, 0.1) is 5.92 Å². The van der Waals surface area contributed by atoms with Gasteiger partial charge in [-0.05, 0) is 109 Å². The van der Waals surface area contributed by atoms with Crippen molar-refractivity contribution >= 4 is 50.4 Å². The molecule has 5 aliphatic rings. The Kier molecular flexibility index (Phi) is 5.76. The molecular formula is C42H38N2O+2.